The molecule has 208 valence electrons. The van der Waals surface area contributed by atoms with E-state index in [1.54, 1.807) is 7.11 Å². The van der Waals surface area contributed by atoms with Gasteiger partial charge in [-0.05, 0) is 80.6 Å². The molecule has 0 saturated carbocycles. The molecule has 2 bridgehead atoms. The first-order valence-corrected chi connectivity index (χ1v) is 14.9. The van der Waals surface area contributed by atoms with Gasteiger partial charge < -0.3 is 29.2 Å². The predicted octanol–water partition coefficient (Wildman–Crippen LogP) is 4.75. The molecular weight excluding hydrogens is 524 g/mol. The van der Waals surface area contributed by atoms with Crippen LogP contribution in [0.15, 0.2) is 36.4 Å². The Morgan fingerprint density at radius 1 is 1.10 bits per heavy atom. The number of piperidine rings is 1. The normalized spacial score (nSPS) is 28.1. The highest BCUT2D eigenvalue weighted by Crippen LogP contribution is 2.67. The van der Waals surface area contributed by atoms with E-state index in [0.29, 0.717) is 25.0 Å². The monoisotopic (exact) mass is 558 g/mol. The van der Waals surface area contributed by atoms with E-state index in [1.807, 2.05) is 23.1 Å². The lowest BCUT2D eigenvalue weighted by molar-refractivity contribution is -0.0256. The minimum absolute atomic E-state index is 0.0834. The standard InChI is InChI=1S/C32H35ClN4O3/c1-18-20-17-21-24-16-19-8-9-25(39-3)29-26(19)32(21,10-11-35(24)2)30(40-29)28(20)34-27(18)31(38)37-14-12-36(13-15-37)23-7-5-4-6-22(23)33/h4-9,21,24,30,34H,10-17H2,1-3H3/t21?,24-,30+,32+/m1/s1. The summed E-state index contributed by atoms with van der Waals surface area (Å²) in [5.41, 5.74) is 7.90. The molecule has 1 N–H and O–H groups in total. The molecule has 1 unspecified atom stereocenters. The van der Waals surface area contributed by atoms with E-state index in [1.165, 1.54) is 16.7 Å². The summed E-state index contributed by atoms with van der Waals surface area (Å²) in [6.45, 7) is 6.03. The van der Waals surface area contributed by atoms with Gasteiger partial charge in [0.2, 0.25) is 0 Å². The average molecular weight is 559 g/mol. The topological polar surface area (TPSA) is 61.0 Å². The number of hydrogen-bond donors (Lipinski definition) is 1. The van der Waals surface area contributed by atoms with E-state index in [4.69, 9.17) is 21.1 Å². The van der Waals surface area contributed by atoms with E-state index in [9.17, 15) is 4.79 Å². The molecule has 8 heteroatoms. The number of benzene rings is 2. The lowest BCUT2D eigenvalue weighted by Crippen LogP contribution is -2.62. The van der Waals surface area contributed by atoms with Crippen LogP contribution >= 0.6 is 11.6 Å². The van der Waals surface area contributed by atoms with Gasteiger partial charge in [-0.25, -0.2) is 0 Å². The van der Waals surface area contributed by atoms with Gasteiger partial charge in [-0.15, -0.1) is 0 Å². The van der Waals surface area contributed by atoms with Gasteiger partial charge in [0, 0.05) is 43.2 Å². The number of likely N-dealkylation sites (tertiary alicyclic amines) is 1. The maximum absolute atomic E-state index is 14.0. The van der Waals surface area contributed by atoms with Crippen LogP contribution in [0.1, 0.15) is 51.0 Å². The maximum atomic E-state index is 14.0. The summed E-state index contributed by atoms with van der Waals surface area (Å²) in [6, 6.07) is 12.7. The molecule has 1 aromatic heterocycles. The first-order valence-electron chi connectivity index (χ1n) is 14.5. The minimum Gasteiger partial charge on any atom is -0.493 e. The molecule has 2 fully saturated rings. The molecule has 5 aliphatic rings. The number of aromatic amines is 1. The smallest absolute Gasteiger partial charge is 0.270 e. The number of H-pyrrole nitrogens is 1. The van der Waals surface area contributed by atoms with Gasteiger partial charge in [-0.3, -0.25) is 4.79 Å². The van der Waals surface area contributed by atoms with E-state index in [2.05, 4.69) is 47.0 Å². The molecule has 1 amide bonds. The van der Waals surface area contributed by atoms with Gasteiger partial charge in [-0.1, -0.05) is 29.8 Å². The first kappa shape index (κ1) is 24.6. The highest BCUT2D eigenvalue weighted by atomic mass is 35.5. The first-order chi connectivity index (χ1) is 19.4. The second-order valence-electron chi connectivity index (χ2n) is 12.2. The quantitative estimate of drug-likeness (QED) is 0.503. The van der Waals surface area contributed by atoms with Crippen molar-refractivity contribution in [1.29, 1.82) is 0 Å². The number of likely N-dealkylation sites (N-methyl/N-ethyl adjacent to an activating group) is 1. The Hall–Kier alpha value is -3.16. The molecule has 2 saturated heterocycles. The third-order valence-electron chi connectivity index (χ3n) is 10.7. The van der Waals surface area contributed by atoms with Crippen molar-refractivity contribution in [2.75, 3.05) is 51.8 Å². The lowest BCUT2D eigenvalue weighted by atomic mass is 9.51. The number of anilines is 1. The van der Waals surface area contributed by atoms with Crippen molar-refractivity contribution in [3.63, 3.8) is 0 Å². The van der Waals surface area contributed by atoms with Gasteiger partial charge in [0.05, 0.1) is 23.5 Å². The SMILES string of the molecule is COc1ccc2c3c1O[C@H]1c4[nH]c(C(=O)N5CCN(c6ccccc6Cl)CC5)c(C)c4CC4[C@@H](C2)N(C)CC[C@@]341. The number of carbonyl (C=O) groups excluding carboxylic acids is 1. The largest absolute Gasteiger partial charge is 0.493 e. The van der Waals surface area contributed by atoms with Gasteiger partial charge in [0.25, 0.3) is 5.91 Å². The number of para-hydroxylation sites is 1. The minimum atomic E-state index is -0.125. The zero-order valence-electron chi connectivity index (χ0n) is 23.3. The molecule has 7 nitrogen and oxygen atoms in total. The molecule has 3 aromatic rings. The summed E-state index contributed by atoms with van der Waals surface area (Å²) in [4.78, 5) is 24.5. The molecule has 3 aliphatic heterocycles. The van der Waals surface area contributed by atoms with Crippen LogP contribution in [0.25, 0.3) is 0 Å². The molecule has 40 heavy (non-hydrogen) atoms. The molecule has 1 spiro atoms. The Bertz CT molecular complexity index is 1540. The fraction of sp³-hybridized carbons (Fsp3) is 0.469. The second kappa shape index (κ2) is 8.67. The number of nitrogens with one attached hydrogen (secondary N) is 1. The van der Waals surface area contributed by atoms with Crippen molar-refractivity contribution in [3.05, 3.63) is 75.1 Å². The predicted molar refractivity (Wildman–Crippen MR) is 155 cm³/mol. The number of nitrogens with zero attached hydrogens (tertiary/aromatic N) is 3. The van der Waals surface area contributed by atoms with Crippen LogP contribution in [0.2, 0.25) is 5.02 Å². The molecule has 4 atom stereocenters. The van der Waals surface area contributed by atoms with Gasteiger partial charge in [-0.2, -0.15) is 0 Å². The number of piperazine rings is 1. The Kier molecular flexibility index (Phi) is 5.34. The summed E-state index contributed by atoms with van der Waals surface area (Å²) in [6.07, 6.45) is 2.93. The Morgan fingerprint density at radius 2 is 1.90 bits per heavy atom. The molecule has 2 aromatic carbocycles. The number of fused-ring (bicyclic) bond motifs is 2. The van der Waals surface area contributed by atoms with Gasteiger partial charge in [0.15, 0.2) is 11.5 Å². The number of carbonyl (C=O) groups is 1. The highest BCUT2D eigenvalue weighted by molar-refractivity contribution is 6.33. The van der Waals surface area contributed by atoms with Crippen molar-refractivity contribution < 1.29 is 14.3 Å². The zero-order valence-corrected chi connectivity index (χ0v) is 24.1. The van der Waals surface area contributed by atoms with Crippen LogP contribution in [0.5, 0.6) is 11.5 Å². The number of halogens is 1. The fourth-order valence-electron chi connectivity index (χ4n) is 8.67. The number of rotatable bonds is 3. The van der Waals surface area contributed by atoms with Crippen LogP contribution in [0.4, 0.5) is 5.69 Å². The number of hydrogen-bond acceptors (Lipinski definition) is 5. The molecule has 8 rings (SSSR count). The summed E-state index contributed by atoms with van der Waals surface area (Å²) >= 11 is 6.45. The molecule has 0 radical (unpaired) electrons. The summed E-state index contributed by atoms with van der Waals surface area (Å²) in [5.74, 6) is 2.26. The van der Waals surface area contributed by atoms with E-state index >= 15 is 0 Å². The average Bonchev–Trinajstić information content (AvgIpc) is 3.49. The van der Waals surface area contributed by atoms with Crippen LogP contribution in [-0.4, -0.2) is 73.6 Å². The van der Waals surface area contributed by atoms with Crippen molar-refractivity contribution in [2.45, 2.75) is 43.7 Å². The lowest BCUT2D eigenvalue weighted by Gasteiger charge is -2.57. The highest BCUT2D eigenvalue weighted by Gasteiger charge is 2.65. The molecule has 2 aliphatic carbocycles. The Balaban J connectivity index is 1.14. The van der Waals surface area contributed by atoms with E-state index < -0.39 is 0 Å². The van der Waals surface area contributed by atoms with Gasteiger partial charge in [0.1, 0.15) is 11.8 Å². The second-order valence-corrected chi connectivity index (χ2v) is 12.6. The van der Waals surface area contributed by atoms with Crippen molar-refractivity contribution in [3.8, 4) is 11.5 Å². The van der Waals surface area contributed by atoms with Crippen LogP contribution in [-0.2, 0) is 18.3 Å². The maximum Gasteiger partial charge on any atom is 0.270 e. The number of ether oxygens (including phenoxy) is 2. The number of amides is 1. The van der Waals surface area contributed by atoms with E-state index in [-0.39, 0.29) is 17.4 Å². The Morgan fingerprint density at radius 3 is 2.67 bits per heavy atom. The Labute approximate surface area is 240 Å². The summed E-state index contributed by atoms with van der Waals surface area (Å²) < 4.78 is 12.7. The number of methoxy groups -OCH3 is 1. The summed E-state index contributed by atoms with van der Waals surface area (Å²) in [7, 11) is 4.00. The molecule has 4 heterocycles. The third kappa shape index (κ3) is 3.13. The zero-order chi connectivity index (χ0) is 27.3. The van der Waals surface area contributed by atoms with Crippen LogP contribution < -0.4 is 14.4 Å². The molecular formula is C32H35ClN4O3. The number of aromatic nitrogens is 1. The third-order valence-corrected chi connectivity index (χ3v) is 11.0. The fourth-order valence-corrected chi connectivity index (χ4v) is 8.92. The van der Waals surface area contributed by atoms with Crippen molar-refractivity contribution in [1.82, 2.24) is 14.8 Å². The van der Waals surface area contributed by atoms with Crippen molar-refractivity contribution in [2.24, 2.45) is 5.92 Å². The van der Waals surface area contributed by atoms with Gasteiger partial charge >= 0.3 is 0 Å². The van der Waals surface area contributed by atoms with Crippen molar-refractivity contribution >= 4 is 23.2 Å². The van der Waals surface area contributed by atoms with Crippen LogP contribution in [0.3, 0.4) is 0 Å². The van der Waals surface area contributed by atoms with Crippen LogP contribution in [0, 0.1) is 12.8 Å². The van der Waals surface area contributed by atoms with E-state index in [0.717, 1.165) is 78.1 Å². The summed E-state index contributed by atoms with van der Waals surface area (Å²) in [5, 5.41) is 0.754.